The zero-order valence-electron chi connectivity index (χ0n) is 10.9. The zero-order chi connectivity index (χ0) is 14.7. The highest BCUT2D eigenvalue weighted by atomic mass is 32.2. The number of halogens is 3. The van der Waals surface area contributed by atoms with E-state index in [0.717, 1.165) is 0 Å². The molecule has 8 heteroatoms. The molecule has 0 aliphatic rings. The molecule has 1 unspecified atom stereocenters. The lowest BCUT2D eigenvalue weighted by molar-refractivity contribution is -0.137. The van der Waals surface area contributed by atoms with E-state index >= 15 is 0 Å². The van der Waals surface area contributed by atoms with Crippen molar-refractivity contribution in [3.8, 4) is 0 Å². The molecule has 1 rings (SSSR count). The van der Waals surface area contributed by atoms with Crippen LogP contribution in [0, 0.1) is 0 Å². The van der Waals surface area contributed by atoms with Gasteiger partial charge in [0.2, 0.25) is 0 Å². The molecule has 108 valence electrons. The van der Waals surface area contributed by atoms with E-state index in [1.54, 1.807) is 20.8 Å². The van der Waals surface area contributed by atoms with Gasteiger partial charge in [0.15, 0.2) is 0 Å². The maximum atomic E-state index is 12.0. The number of aryl methyl sites for hydroxylation is 1. The zero-order valence-corrected chi connectivity index (χ0v) is 11.8. The summed E-state index contributed by atoms with van der Waals surface area (Å²) in [7, 11) is 0. The Morgan fingerprint density at radius 1 is 1.42 bits per heavy atom. The summed E-state index contributed by atoms with van der Waals surface area (Å²) in [5.74, 6) is 0. The lowest BCUT2D eigenvalue weighted by Crippen LogP contribution is -2.25. The van der Waals surface area contributed by atoms with Crippen LogP contribution in [0.2, 0.25) is 0 Å². The van der Waals surface area contributed by atoms with Gasteiger partial charge in [-0.2, -0.15) is 18.3 Å². The van der Waals surface area contributed by atoms with E-state index in [0.29, 0.717) is 5.56 Å². The highest BCUT2D eigenvalue weighted by molar-refractivity contribution is 7.91. The van der Waals surface area contributed by atoms with Crippen LogP contribution < -0.4 is 0 Å². The molecule has 0 bridgehead atoms. The Morgan fingerprint density at radius 3 is 2.58 bits per heavy atom. The van der Waals surface area contributed by atoms with Gasteiger partial charge in [-0.15, -0.1) is 0 Å². The van der Waals surface area contributed by atoms with Crippen molar-refractivity contribution in [1.29, 1.82) is 0 Å². The van der Waals surface area contributed by atoms with Gasteiger partial charge in [0.25, 0.3) is 0 Å². The fraction of sp³-hybridized carbons (Fsp3) is 0.636. The van der Waals surface area contributed by atoms with E-state index in [9.17, 15) is 17.7 Å². The van der Waals surface area contributed by atoms with Gasteiger partial charge in [-0.05, 0) is 20.8 Å². The normalized spacial score (nSPS) is 15.1. The van der Waals surface area contributed by atoms with Crippen LogP contribution in [0.3, 0.4) is 0 Å². The number of alkyl halides is 3. The quantitative estimate of drug-likeness (QED) is 0.633. The van der Waals surface area contributed by atoms with E-state index in [2.05, 4.69) is 9.50 Å². The summed E-state index contributed by atoms with van der Waals surface area (Å²) >= 11 is -1.39. The third-order valence-electron chi connectivity index (χ3n) is 2.10. The van der Waals surface area contributed by atoms with Crippen molar-refractivity contribution in [1.82, 2.24) is 9.78 Å². The van der Waals surface area contributed by atoms with Crippen LogP contribution in [-0.4, -0.2) is 31.5 Å². The summed E-state index contributed by atoms with van der Waals surface area (Å²) in [4.78, 5) is 0. The first-order chi connectivity index (χ1) is 8.58. The topological polar surface area (TPSA) is 53.2 Å². The van der Waals surface area contributed by atoms with Crippen molar-refractivity contribution in [3.63, 3.8) is 0 Å². The fourth-order valence-corrected chi connectivity index (χ4v) is 1.61. The first kappa shape index (κ1) is 16.0. The number of nitrogens with zero attached hydrogens (tertiary/aromatic N) is 3. The fourth-order valence-electron chi connectivity index (χ4n) is 1.08. The van der Waals surface area contributed by atoms with Gasteiger partial charge in [0, 0.05) is 18.3 Å². The van der Waals surface area contributed by atoms with Crippen LogP contribution in [0.4, 0.5) is 13.2 Å². The number of hydrogen-bond acceptors (Lipinski definition) is 3. The maximum Gasteiger partial charge on any atom is 0.390 e. The Balaban J connectivity index is 2.58. The lowest BCUT2D eigenvalue weighted by Gasteiger charge is -2.17. The minimum absolute atomic E-state index is 0.236. The molecule has 19 heavy (non-hydrogen) atoms. The summed E-state index contributed by atoms with van der Waals surface area (Å²) < 4.78 is 52.3. The van der Waals surface area contributed by atoms with Crippen molar-refractivity contribution in [2.45, 2.75) is 44.7 Å². The minimum atomic E-state index is -4.20. The largest absolute Gasteiger partial charge is 0.591 e. The first-order valence-corrected chi connectivity index (χ1v) is 6.74. The highest BCUT2D eigenvalue weighted by Crippen LogP contribution is 2.20. The molecule has 0 radical (unpaired) electrons. The van der Waals surface area contributed by atoms with Crippen LogP contribution in [0.5, 0.6) is 0 Å². The molecular formula is C11H16F3N3OS. The summed E-state index contributed by atoms with van der Waals surface area (Å²) in [6, 6.07) is 0. The predicted octanol–water partition coefficient (Wildman–Crippen LogP) is 2.72. The smallest absolute Gasteiger partial charge is 0.390 e. The van der Waals surface area contributed by atoms with Crippen molar-refractivity contribution in [2.75, 3.05) is 0 Å². The molecular weight excluding hydrogens is 279 g/mol. The second-order valence-electron chi connectivity index (χ2n) is 5.00. The Hall–Kier alpha value is -1.02. The van der Waals surface area contributed by atoms with Crippen molar-refractivity contribution in [2.24, 2.45) is 4.40 Å². The Bertz CT molecular complexity index is 437. The summed E-state index contributed by atoms with van der Waals surface area (Å²) in [6.07, 6.45) is -0.944. The van der Waals surface area contributed by atoms with E-state index in [1.165, 1.54) is 23.3 Å². The number of hydrogen-bond donors (Lipinski definition) is 0. The average Bonchev–Trinajstić information content (AvgIpc) is 2.68. The Morgan fingerprint density at radius 2 is 2.05 bits per heavy atom. The van der Waals surface area contributed by atoms with Crippen LogP contribution in [0.15, 0.2) is 16.8 Å². The van der Waals surface area contributed by atoms with E-state index in [-0.39, 0.29) is 6.54 Å². The summed E-state index contributed by atoms with van der Waals surface area (Å²) in [6.45, 7) is 5.12. The molecule has 0 N–H and O–H groups in total. The molecule has 1 aromatic heterocycles. The van der Waals surface area contributed by atoms with Gasteiger partial charge in [-0.25, -0.2) is 0 Å². The molecule has 4 nitrogen and oxygen atoms in total. The number of aromatic nitrogens is 2. The summed E-state index contributed by atoms with van der Waals surface area (Å²) in [5.41, 5.74) is 0.528. The van der Waals surface area contributed by atoms with Crippen LogP contribution in [0.25, 0.3) is 0 Å². The van der Waals surface area contributed by atoms with Gasteiger partial charge in [0.05, 0.1) is 18.8 Å². The van der Waals surface area contributed by atoms with Gasteiger partial charge in [0.1, 0.15) is 16.1 Å². The monoisotopic (exact) mass is 295 g/mol. The van der Waals surface area contributed by atoms with E-state index in [4.69, 9.17) is 0 Å². The van der Waals surface area contributed by atoms with Gasteiger partial charge in [-0.1, -0.05) is 4.40 Å². The van der Waals surface area contributed by atoms with Crippen LogP contribution in [0.1, 0.15) is 32.8 Å². The minimum Gasteiger partial charge on any atom is -0.591 e. The lowest BCUT2D eigenvalue weighted by atomic mass is 10.3. The third kappa shape index (κ3) is 6.11. The molecule has 0 aliphatic heterocycles. The molecule has 0 saturated heterocycles. The van der Waals surface area contributed by atoms with Crippen molar-refractivity contribution in [3.05, 3.63) is 18.0 Å². The second kappa shape index (κ2) is 5.96. The molecule has 0 fully saturated rings. The van der Waals surface area contributed by atoms with Gasteiger partial charge < -0.3 is 4.55 Å². The van der Waals surface area contributed by atoms with Crippen LogP contribution in [-0.2, 0) is 17.9 Å². The maximum absolute atomic E-state index is 12.0. The number of rotatable bonds is 4. The van der Waals surface area contributed by atoms with Crippen LogP contribution >= 0.6 is 0 Å². The molecule has 0 aromatic carbocycles. The van der Waals surface area contributed by atoms with E-state index in [1.807, 2.05) is 0 Å². The van der Waals surface area contributed by atoms with E-state index < -0.39 is 28.7 Å². The van der Waals surface area contributed by atoms with Gasteiger partial charge in [-0.3, -0.25) is 4.68 Å². The molecule has 1 heterocycles. The molecule has 0 amide bonds. The SMILES string of the molecule is CC(C)(C)[S+]([O-])N=Cc1cnn(CCC(F)(F)F)c1. The molecule has 0 saturated carbocycles. The Kier molecular flexibility index (Phi) is 5.03. The first-order valence-electron chi connectivity index (χ1n) is 5.63. The molecule has 0 aliphatic carbocycles. The molecule has 1 aromatic rings. The molecule has 0 spiro atoms. The van der Waals surface area contributed by atoms with Gasteiger partial charge >= 0.3 is 6.18 Å². The second-order valence-corrected chi connectivity index (χ2v) is 6.93. The summed E-state index contributed by atoms with van der Waals surface area (Å²) in [5, 5.41) is 3.79. The van der Waals surface area contributed by atoms with Crippen molar-refractivity contribution < 1.29 is 17.7 Å². The third-order valence-corrected chi connectivity index (χ3v) is 3.44. The predicted molar refractivity (Wildman–Crippen MR) is 68.4 cm³/mol. The average molecular weight is 295 g/mol. The standard InChI is InChI=1S/C11H16F3N3OS/c1-10(2,3)19(18)16-7-9-6-15-17(8-9)5-4-11(12,13)14/h6-8H,4-5H2,1-3H3. The molecule has 1 atom stereocenters. The highest BCUT2D eigenvalue weighted by Gasteiger charge is 2.27. The van der Waals surface area contributed by atoms with Crippen molar-refractivity contribution >= 4 is 17.6 Å². The Labute approximate surface area is 113 Å².